The van der Waals surface area contributed by atoms with Crippen molar-refractivity contribution in [3.8, 4) is 5.75 Å². The highest BCUT2D eigenvalue weighted by molar-refractivity contribution is 7.89. The molecule has 2 rings (SSSR count). The number of aromatic nitrogens is 1. The predicted octanol–water partition coefficient (Wildman–Crippen LogP) is 2.36. The monoisotopic (exact) mass is 364 g/mol. The van der Waals surface area contributed by atoms with E-state index in [0.717, 1.165) is 5.69 Å². The van der Waals surface area contributed by atoms with Crippen molar-refractivity contribution in [1.82, 2.24) is 9.29 Å². The Morgan fingerprint density at radius 1 is 1.08 bits per heavy atom. The first-order valence-electron chi connectivity index (χ1n) is 8.21. The summed E-state index contributed by atoms with van der Waals surface area (Å²) in [7, 11) is -1.96. The molecule has 0 atom stereocenters. The number of ether oxygens (including phenoxy) is 2. The number of likely N-dealkylation sites (N-methyl/N-ethyl adjacent to an activating group) is 1. The number of nitrogens with zero attached hydrogens (tertiary/aromatic N) is 2. The van der Waals surface area contributed by atoms with Crippen LogP contribution in [0.1, 0.15) is 12.6 Å². The van der Waals surface area contributed by atoms with Crippen LogP contribution in [0, 0.1) is 0 Å². The van der Waals surface area contributed by atoms with Crippen molar-refractivity contribution in [2.45, 2.75) is 18.2 Å². The fraction of sp³-hybridized carbons (Fsp3) is 0.389. The van der Waals surface area contributed by atoms with E-state index in [1.54, 1.807) is 37.5 Å². The molecule has 0 amide bonds. The number of sulfonamides is 1. The third kappa shape index (κ3) is 5.81. The number of rotatable bonds is 10. The highest BCUT2D eigenvalue weighted by atomic mass is 32.2. The van der Waals surface area contributed by atoms with Gasteiger partial charge in [-0.05, 0) is 43.3 Å². The Morgan fingerprint density at radius 3 is 2.48 bits per heavy atom. The molecule has 0 radical (unpaired) electrons. The Bertz CT molecular complexity index is 733. The molecule has 0 saturated carbocycles. The van der Waals surface area contributed by atoms with Gasteiger partial charge in [0.05, 0.1) is 11.5 Å². The molecule has 1 aromatic carbocycles. The molecule has 0 N–H and O–H groups in total. The lowest BCUT2D eigenvalue weighted by Gasteiger charge is -2.17. The van der Waals surface area contributed by atoms with Gasteiger partial charge in [-0.15, -0.1) is 0 Å². The molecule has 1 heterocycles. The van der Waals surface area contributed by atoms with Gasteiger partial charge in [-0.1, -0.05) is 6.07 Å². The largest absolute Gasteiger partial charge is 0.491 e. The van der Waals surface area contributed by atoms with Crippen LogP contribution in [0.5, 0.6) is 5.75 Å². The summed E-state index contributed by atoms with van der Waals surface area (Å²) in [6.45, 7) is 3.87. The molecule has 0 aliphatic heterocycles. The number of hydrogen-bond donors (Lipinski definition) is 0. The zero-order valence-electron chi connectivity index (χ0n) is 14.6. The molecule has 0 aliphatic rings. The number of benzene rings is 1. The molecular weight excluding hydrogens is 340 g/mol. The minimum atomic E-state index is -3.53. The highest BCUT2D eigenvalue weighted by Gasteiger charge is 2.20. The molecule has 0 bridgehead atoms. The van der Waals surface area contributed by atoms with Gasteiger partial charge in [0.15, 0.2) is 0 Å². The first-order valence-corrected chi connectivity index (χ1v) is 9.65. The minimum absolute atomic E-state index is 0.244. The normalized spacial score (nSPS) is 11.6. The summed E-state index contributed by atoms with van der Waals surface area (Å²) in [5, 5.41) is 0. The third-order valence-corrected chi connectivity index (χ3v) is 5.51. The van der Waals surface area contributed by atoms with E-state index >= 15 is 0 Å². The Kier molecular flexibility index (Phi) is 7.36. The smallest absolute Gasteiger partial charge is 0.242 e. The minimum Gasteiger partial charge on any atom is -0.491 e. The van der Waals surface area contributed by atoms with Gasteiger partial charge in [0.2, 0.25) is 10.0 Å². The molecule has 0 spiro atoms. The molecule has 0 unspecified atom stereocenters. The predicted molar refractivity (Wildman–Crippen MR) is 96.2 cm³/mol. The zero-order chi connectivity index (χ0) is 18.1. The van der Waals surface area contributed by atoms with Gasteiger partial charge in [0.1, 0.15) is 12.4 Å². The Balaban J connectivity index is 1.93. The average molecular weight is 364 g/mol. The lowest BCUT2D eigenvalue weighted by atomic mass is 10.3. The van der Waals surface area contributed by atoms with Gasteiger partial charge in [-0.2, -0.15) is 0 Å². The van der Waals surface area contributed by atoms with E-state index in [4.69, 9.17) is 9.47 Å². The lowest BCUT2D eigenvalue weighted by Crippen LogP contribution is -2.29. The van der Waals surface area contributed by atoms with Crippen LogP contribution in [-0.2, 0) is 21.2 Å². The van der Waals surface area contributed by atoms with Crippen molar-refractivity contribution in [3.05, 3.63) is 54.4 Å². The van der Waals surface area contributed by atoms with Crippen LogP contribution < -0.4 is 4.74 Å². The summed E-state index contributed by atoms with van der Waals surface area (Å²) in [5.74, 6) is 0.620. The summed E-state index contributed by atoms with van der Waals surface area (Å²) >= 11 is 0. The summed E-state index contributed by atoms with van der Waals surface area (Å²) < 4.78 is 37.3. The maximum absolute atomic E-state index is 12.6. The molecule has 0 fully saturated rings. The molecule has 136 valence electrons. The first kappa shape index (κ1) is 19.4. The molecule has 1 aromatic heterocycles. The SMILES string of the molecule is CCOCCOc1ccc(S(=O)(=O)N(C)CCc2ccccn2)cc1. The van der Waals surface area contributed by atoms with Crippen LogP contribution in [0.15, 0.2) is 53.6 Å². The molecule has 25 heavy (non-hydrogen) atoms. The standard InChI is InChI=1S/C18H24N2O4S/c1-3-23-14-15-24-17-7-9-18(10-8-17)25(21,22)20(2)13-11-16-6-4-5-12-19-16/h4-10,12H,3,11,13-15H2,1-2H3. The van der Waals surface area contributed by atoms with Crippen molar-refractivity contribution in [3.63, 3.8) is 0 Å². The summed E-state index contributed by atoms with van der Waals surface area (Å²) in [4.78, 5) is 4.45. The van der Waals surface area contributed by atoms with Crippen molar-refractivity contribution < 1.29 is 17.9 Å². The van der Waals surface area contributed by atoms with E-state index in [0.29, 0.717) is 38.5 Å². The Morgan fingerprint density at radius 2 is 1.84 bits per heavy atom. The van der Waals surface area contributed by atoms with Crippen LogP contribution in [0.3, 0.4) is 0 Å². The van der Waals surface area contributed by atoms with Crippen LogP contribution in [0.2, 0.25) is 0 Å². The number of hydrogen-bond acceptors (Lipinski definition) is 5. The second-order valence-corrected chi connectivity index (χ2v) is 7.46. The van der Waals surface area contributed by atoms with Gasteiger partial charge in [0.25, 0.3) is 0 Å². The van der Waals surface area contributed by atoms with Crippen LogP contribution >= 0.6 is 0 Å². The zero-order valence-corrected chi connectivity index (χ0v) is 15.4. The second-order valence-electron chi connectivity index (χ2n) is 5.41. The highest BCUT2D eigenvalue weighted by Crippen LogP contribution is 2.19. The van der Waals surface area contributed by atoms with E-state index in [2.05, 4.69) is 4.98 Å². The third-order valence-electron chi connectivity index (χ3n) is 3.64. The maximum atomic E-state index is 12.6. The maximum Gasteiger partial charge on any atom is 0.242 e. The Labute approximate surface area is 149 Å². The molecular formula is C18H24N2O4S. The fourth-order valence-electron chi connectivity index (χ4n) is 2.19. The van der Waals surface area contributed by atoms with Gasteiger partial charge in [0, 0.05) is 38.5 Å². The van der Waals surface area contributed by atoms with Crippen LogP contribution in [-0.4, -0.2) is 51.1 Å². The van der Waals surface area contributed by atoms with Crippen molar-refractivity contribution in [2.24, 2.45) is 0 Å². The molecule has 6 nitrogen and oxygen atoms in total. The molecule has 7 heteroatoms. The van der Waals surface area contributed by atoms with Crippen LogP contribution in [0.25, 0.3) is 0 Å². The van der Waals surface area contributed by atoms with Crippen molar-refractivity contribution in [1.29, 1.82) is 0 Å². The van der Waals surface area contributed by atoms with E-state index in [9.17, 15) is 8.42 Å². The summed E-state index contributed by atoms with van der Waals surface area (Å²) in [6, 6.07) is 12.0. The molecule has 0 aliphatic carbocycles. The quantitative estimate of drug-likeness (QED) is 0.606. The average Bonchev–Trinajstić information content (AvgIpc) is 2.64. The van der Waals surface area contributed by atoms with Gasteiger partial charge in [-0.3, -0.25) is 4.98 Å². The van der Waals surface area contributed by atoms with E-state index in [1.165, 1.54) is 4.31 Å². The van der Waals surface area contributed by atoms with Crippen LogP contribution in [0.4, 0.5) is 0 Å². The Hall–Kier alpha value is -1.96. The van der Waals surface area contributed by atoms with E-state index < -0.39 is 10.0 Å². The second kappa shape index (κ2) is 9.50. The van der Waals surface area contributed by atoms with E-state index in [-0.39, 0.29) is 4.90 Å². The molecule has 0 saturated heterocycles. The van der Waals surface area contributed by atoms with E-state index in [1.807, 2.05) is 25.1 Å². The first-order chi connectivity index (χ1) is 12.0. The van der Waals surface area contributed by atoms with Crippen molar-refractivity contribution in [2.75, 3.05) is 33.4 Å². The molecule has 2 aromatic rings. The summed E-state index contributed by atoms with van der Waals surface area (Å²) in [5.41, 5.74) is 0.864. The van der Waals surface area contributed by atoms with Crippen molar-refractivity contribution >= 4 is 10.0 Å². The topological polar surface area (TPSA) is 68.7 Å². The fourth-order valence-corrected chi connectivity index (χ4v) is 3.36. The van der Waals surface area contributed by atoms with Gasteiger partial charge in [-0.25, -0.2) is 12.7 Å². The van der Waals surface area contributed by atoms with Gasteiger partial charge >= 0.3 is 0 Å². The summed E-state index contributed by atoms with van der Waals surface area (Å²) in [6.07, 6.45) is 2.27. The number of pyridine rings is 1. The van der Waals surface area contributed by atoms with Gasteiger partial charge < -0.3 is 9.47 Å². The lowest BCUT2D eigenvalue weighted by molar-refractivity contribution is 0.110.